The molecule has 0 saturated heterocycles. The number of anilines is 1. The molecule has 1 amide bonds. The van der Waals surface area contributed by atoms with E-state index in [1.807, 2.05) is 42.6 Å². The first-order valence-electron chi connectivity index (χ1n) is 10.6. The predicted molar refractivity (Wildman–Crippen MR) is 127 cm³/mol. The zero-order valence-corrected chi connectivity index (χ0v) is 18.4. The molecule has 8 heteroatoms. The SMILES string of the molecule is COc1ccc(C2CN=C3C(Nc4ccc(C(=O)N(C)CCCN)cc4)=NC=CN32)cc1. The van der Waals surface area contributed by atoms with Crippen molar-refractivity contribution in [2.45, 2.75) is 12.5 Å². The number of rotatable bonds is 7. The molecule has 0 aromatic heterocycles. The average molecular weight is 433 g/mol. The predicted octanol–water partition coefficient (Wildman–Crippen LogP) is 2.87. The minimum atomic E-state index is -0.0170. The summed E-state index contributed by atoms with van der Waals surface area (Å²) in [5.41, 5.74) is 8.18. The number of fused-ring (bicyclic) bond motifs is 1. The molecule has 2 aromatic carbocycles. The number of methoxy groups -OCH3 is 1. The van der Waals surface area contributed by atoms with E-state index in [4.69, 9.17) is 15.5 Å². The van der Waals surface area contributed by atoms with Crippen molar-refractivity contribution in [1.82, 2.24) is 9.80 Å². The van der Waals surface area contributed by atoms with Crippen LogP contribution in [0.15, 0.2) is 70.9 Å². The maximum atomic E-state index is 12.5. The van der Waals surface area contributed by atoms with Gasteiger partial charge in [-0.25, -0.2) is 4.99 Å². The second kappa shape index (κ2) is 9.65. The Bertz CT molecular complexity index is 1040. The number of ether oxygens (including phenoxy) is 1. The third-order valence-electron chi connectivity index (χ3n) is 5.58. The number of hydrogen-bond donors (Lipinski definition) is 2. The molecular formula is C24H28N6O2. The summed E-state index contributed by atoms with van der Waals surface area (Å²) in [6, 6.07) is 15.6. The molecule has 32 heavy (non-hydrogen) atoms. The lowest BCUT2D eigenvalue weighted by atomic mass is 10.1. The molecule has 0 radical (unpaired) electrons. The van der Waals surface area contributed by atoms with Crippen LogP contribution in [-0.2, 0) is 0 Å². The number of nitrogens with zero attached hydrogens (tertiary/aromatic N) is 4. The summed E-state index contributed by atoms with van der Waals surface area (Å²) in [5, 5.41) is 3.34. The highest BCUT2D eigenvalue weighted by molar-refractivity contribution is 6.45. The van der Waals surface area contributed by atoms with Crippen molar-refractivity contribution in [3.8, 4) is 5.75 Å². The molecule has 3 N–H and O–H groups in total. The topological polar surface area (TPSA) is 95.5 Å². The van der Waals surface area contributed by atoms with Crippen molar-refractivity contribution >= 4 is 23.3 Å². The minimum absolute atomic E-state index is 0.0170. The monoisotopic (exact) mass is 432 g/mol. The summed E-state index contributed by atoms with van der Waals surface area (Å²) in [4.78, 5) is 25.5. The summed E-state index contributed by atoms with van der Waals surface area (Å²) in [6.45, 7) is 1.86. The van der Waals surface area contributed by atoms with Gasteiger partial charge in [0, 0.05) is 37.2 Å². The van der Waals surface area contributed by atoms with Crippen LogP contribution in [0.1, 0.15) is 28.4 Å². The van der Waals surface area contributed by atoms with Gasteiger partial charge >= 0.3 is 0 Å². The van der Waals surface area contributed by atoms with Crippen molar-refractivity contribution in [2.24, 2.45) is 15.7 Å². The van der Waals surface area contributed by atoms with Gasteiger partial charge in [-0.2, -0.15) is 0 Å². The quantitative estimate of drug-likeness (QED) is 0.702. The van der Waals surface area contributed by atoms with Gasteiger partial charge in [-0.05, 0) is 54.9 Å². The number of carbonyl (C=O) groups excluding carboxylic acids is 1. The summed E-state index contributed by atoms with van der Waals surface area (Å²) in [6.07, 6.45) is 4.50. The molecule has 0 fully saturated rings. The number of carbonyl (C=O) groups is 1. The average Bonchev–Trinajstić information content (AvgIpc) is 3.28. The Morgan fingerprint density at radius 3 is 2.66 bits per heavy atom. The fraction of sp³-hybridized carbons (Fsp3) is 0.292. The van der Waals surface area contributed by atoms with Crippen molar-refractivity contribution in [2.75, 3.05) is 39.1 Å². The van der Waals surface area contributed by atoms with Gasteiger partial charge in [-0.1, -0.05) is 12.1 Å². The number of nitrogens with one attached hydrogen (secondary N) is 1. The van der Waals surface area contributed by atoms with Crippen molar-refractivity contribution in [3.05, 3.63) is 72.1 Å². The van der Waals surface area contributed by atoms with Crippen LogP contribution < -0.4 is 15.8 Å². The highest BCUT2D eigenvalue weighted by Crippen LogP contribution is 2.30. The lowest BCUT2D eigenvalue weighted by Gasteiger charge is -2.27. The summed E-state index contributed by atoms with van der Waals surface area (Å²) in [7, 11) is 3.45. The fourth-order valence-corrected chi connectivity index (χ4v) is 3.76. The van der Waals surface area contributed by atoms with Gasteiger partial charge in [-0.3, -0.25) is 9.79 Å². The highest BCUT2D eigenvalue weighted by Gasteiger charge is 2.32. The second-order valence-corrected chi connectivity index (χ2v) is 7.71. The Labute approximate surface area is 188 Å². The second-order valence-electron chi connectivity index (χ2n) is 7.71. The van der Waals surface area contributed by atoms with Gasteiger partial charge < -0.3 is 25.6 Å². The van der Waals surface area contributed by atoms with Crippen molar-refractivity contribution < 1.29 is 9.53 Å². The number of nitrogens with two attached hydrogens (primary N) is 1. The normalized spacial score (nSPS) is 16.8. The van der Waals surface area contributed by atoms with Gasteiger partial charge in [0.25, 0.3) is 5.91 Å². The first kappa shape index (κ1) is 21.6. The lowest BCUT2D eigenvalue weighted by Crippen LogP contribution is -2.37. The van der Waals surface area contributed by atoms with E-state index in [0.717, 1.165) is 29.3 Å². The Morgan fingerprint density at radius 1 is 1.22 bits per heavy atom. The third-order valence-corrected chi connectivity index (χ3v) is 5.58. The molecule has 2 aliphatic rings. The van der Waals surface area contributed by atoms with Crippen LogP contribution in [0.25, 0.3) is 0 Å². The molecule has 8 nitrogen and oxygen atoms in total. The zero-order chi connectivity index (χ0) is 22.5. The number of aliphatic imine (C=N–C) groups is 2. The zero-order valence-electron chi connectivity index (χ0n) is 18.4. The highest BCUT2D eigenvalue weighted by atomic mass is 16.5. The number of benzene rings is 2. The first-order chi connectivity index (χ1) is 15.6. The molecule has 2 aliphatic heterocycles. The Kier molecular flexibility index (Phi) is 6.51. The molecule has 166 valence electrons. The molecule has 2 aromatic rings. The summed E-state index contributed by atoms with van der Waals surface area (Å²) >= 11 is 0. The van der Waals surface area contributed by atoms with Gasteiger partial charge in [0.1, 0.15) is 5.75 Å². The van der Waals surface area contributed by atoms with Crippen molar-refractivity contribution in [3.63, 3.8) is 0 Å². The van der Waals surface area contributed by atoms with E-state index in [0.29, 0.717) is 31.0 Å². The van der Waals surface area contributed by atoms with E-state index in [9.17, 15) is 4.79 Å². The maximum Gasteiger partial charge on any atom is 0.253 e. The van der Waals surface area contributed by atoms with Crippen LogP contribution in [0.4, 0.5) is 5.69 Å². The number of amides is 1. The third kappa shape index (κ3) is 4.50. The molecular weight excluding hydrogens is 404 g/mol. The molecule has 0 spiro atoms. The largest absolute Gasteiger partial charge is 0.497 e. The van der Waals surface area contributed by atoms with Gasteiger partial charge in [-0.15, -0.1) is 0 Å². The van der Waals surface area contributed by atoms with E-state index in [2.05, 4.69) is 27.3 Å². The standard InChI is InChI=1S/C24H28N6O2/c1-29(14-3-12-25)24(31)18-4-8-19(9-5-18)28-22-23-27-16-21(30(23)15-13-26-22)17-6-10-20(32-2)11-7-17/h4-11,13,15,21H,3,12,14,16,25H2,1-2H3,(H,26,28). The molecule has 0 bridgehead atoms. The number of amidine groups is 2. The summed E-state index contributed by atoms with van der Waals surface area (Å²) < 4.78 is 5.26. The molecule has 1 atom stereocenters. The minimum Gasteiger partial charge on any atom is -0.497 e. The Hall–Kier alpha value is -3.65. The summed E-state index contributed by atoms with van der Waals surface area (Å²) in [5.74, 6) is 2.30. The van der Waals surface area contributed by atoms with E-state index in [1.54, 1.807) is 25.3 Å². The van der Waals surface area contributed by atoms with Gasteiger partial charge in [0.05, 0.1) is 19.7 Å². The van der Waals surface area contributed by atoms with E-state index in [1.165, 1.54) is 0 Å². The number of hydrogen-bond acceptors (Lipinski definition) is 7. The van der Waals surface area contributed by atoms with Crippen LogP contribution in [0.2, 0.25) is 0 Å². The molecule has 1 unspecified atom stereocenters. The van der Waals surface area contributed by atoms with Crippen LogP contribution in [-0.4, -0.2) is 61.2 Å². The molecule has 4 rings (SSSR count). The van der Waals surface area contributed by atoms with Crippen LogP contribution in [0.5, 0.6) is 5.75 Å². The smallest absolute Gasteiger partial charge is 0.253 e. The fourth-order valence-electron chi connectivity index (χ4n) is 3.76. The van der Waals surface area contributed by atoms with E-state index >= 15 is 0 Å². The van der Waals surface area contributed by atoms with Crippen LogP contribution in [0.3, 0.4) is 0 Å². The lowest BCUT2D eigenvalue weighted by molar-refractivity contribution is 0.0794. The maximum absolute atomic E-state index is 12.5. The van der Waals surface area contributed by atoms with Crippen LogP contribution in [0, 0.1) is 0 Å². The van der Waals surface area contributed by atoms with E-state index < -0.39 is 0 Å². The van der Waals surface area contributed by atoms with Crippen LogP contribution >= 0.6 is 0 Å². The molecule has 0 aliphatic carbocycles. The van der Waals surface area contributed by atoms with Crippen molar-refractivity contribution in [1.29, 1.82) is 0 Å². The molecule has 2 heterocycles. The van der Waals surface area contributed by atoms with E-state index in [-0.39, 0.29) is 11.9 Å². The Morgan fingerprint density at radius 2 is 1.97 bits per heavy atom. The van der Waals surface area contributed by atoms with Gasteiger partial charge in [0.15, 0.2) is 11.7 Å². The molecule has 0 saturated carbocycles. The van der Waals surface area contributed by atoms with Gasteiger partial charge in [0.2, 0.25) is 0 Å². The first-order valence-corrected chi connectivity index (χ1v) is 10.6. The Balaban J connectivity index is 1.42.